The van der Waals surface area contributed by atoms with E-state index in [9.17, 15) is 36.2 Å². The largest absolute Gasteiger partial charge is 0.454 e. The number of halogens is 6. The average Bonchev–Trinajstić information content (AvgIpc) is 2.87. The zero-order valence-corrected chi connectivity index (χ0v) is 14.6. The molecule has 1 aliphatic rings. The van der Waals surface area contributed by atoms with Crippen LogP contribution in [-0.2, 0) is 15.1 Å². The van der Waals surface area contributed by atoms with E-state index in [0.29, 0.717) is 10.8 Å². The summed E-state index contributed by atoms with van der Waals surface area (Å²) in [4.78, 5) is 11.9. The smallest absolute Gasteiger partial charge is 0.426 e. The highest BCUT2D eigenvalue weighted by atomic mass is 19.4. The third kappa shape index (κ3) is 3.21. The predicted molar refractivity (Wildman–Crippen MR) is 87.2 cm³/mol. The molecule has 0 aromatic heterocycles. The molecule has 0 amide bonds. The molecular formula is C19H16F6O3. The van der Waals surface area contributed by atoms with Crippen molar-refractivity contribution < 1.29 is 41.0 Å². The molecule has 28 heavy (non-hydrogen) atoms. The van der Waals surface area contributed by atoms with E-state index in [0.717, 1.165) is 0 Å². The van der Waals surface area contributed by atoms with Crippen LogP contribution in [0.1, 0.15) is 25.3 Å². The highest BCUT2D eigenvalue weighted by Gasteiger charge is 2.73. The minimum Gasteiger partial charge on any atom is -0.454 e. The summed E-state index contributed by atoms with van der Waals surface area (Å²) in [5, 5.41) is 11.0. The first-order valence-corrected chi connectivity index (χ1v) is 8.37. The summed E-state index contributed by atoms with van der Waals surface area (Å²) < 4.78 is 84.7. The molecule has 9 heteroatoms. The van der Waals surface area contributed by atoms with Gasteiger partial charge in [-0.1, -0.05) is 43.3 Å². The molecule has 1 N–H and O–H groups in total. The van der Waals surface area contributed by atoms with E-state index in [4.69, 9.17) is 4.74 Å². The first-order chi connectivity index (χ1) is 12.8. The first kappa shape index (κ1) is 20.4. The SMILES string of the molecule is CC1CC(CC(O)(C(F)(F)F)C(F)(F)F)(c2ccc3ccccc3c2)OC1=O. The highest BCUT2D eigenvalue weighted by Crippen LogP contribution is 2.54. The van der Waals surface area contributed by atoms with Gasteiger partial charge < -0.3 is 9.84 Å². The van der Waals surface area contributed by atoms with Crippen LogP contribution < -0.4 is 0 Å². The summed E-state index contributed by atoms with van der Waals surface area (Å²) in [5.41, 5.74) is -7.33. The van der Waals surface area contributed by atoms with Crippen molar-refractivity contribution in [1.82, 2.24) is 0 Å². The topological polar surface area (TPSA) is 46.5 Å². The fraction of sp³-hybridized carbons (Fsp3) is 0.421. The second-order valence-corrected chi connectivity index (χ2v) is 7.12. The van der Waals surface area contributed by atoms with Crippen LogP contribution in [0.4, 0.5) is 26.3 Å². The second-order valence-electron chi connectivity index (χ2n) is 7.12. The molecule has 3 rings (SSSR count). The number of benzene rings is 2. The summed E-state index contributed by atoms with van der Waals surface area (Å²) >= 11 is 0. The Labute approximate surface area is 155 Å². The van der Waals surface area contributed by atoms with Crippen LogP contribution in [0.2, 0.25) is 0 Å². The lowest BCUT2D eigenvalue weighted by Gasteiger charge is -2.39. The van der Waals surface area contributed by atoms with Gasteiger partial charge in [-0.05, 0) is 22.4 Å². The summed E-state index contributed by atoms with van der Waals surface area (Å²) in [6.45, 7) is 1.35. The summed E-state index contributed by atoms with van der Waals surface area (Å²) in [5.74, 6) is -1.84. The van der Waals surface area contributed by atoms with Crippen molar-refractivity contribution in [1.29, 1.82) is 0 Å². The Morgan fingerprint density at radius 1 is 1.04 bits per heavy atom. The summed E-state index contributed by atoms with van der Waals surface area (Å²) in [6, 6.07) is 11.0. The van der Waals surface area contributed by atoms with Crippen LogP contribution in [-0.4, -0.2) is 29.0 Å². The Bertz CT molecular complexity index is 890. The molecule has 2 aromatic rings. The van der Waals surface area contributed by atoms with E-state index >= 15 is 0 Å². The van der Waals surface area contributed by atoms with Crippen LogP contribution in [0.25, 0.3) is 10.8 Å². The lowest BCUT2D eigenvalue weighted by Crippen LogP contribution is -2.60. The molecule has 2 unspecified atom stereocenters. The lowest BCUT2D eigenvalue weighted by atomic mass is 9.77. The van der Waals surface area contributed by atoms with Gasteiger partial charge >= 0.3 is 18.3 Å². The number of fused-ring (bicyclic) bond motifs is 1. The Kier molecular flexibility index (Phi) is 4.65. The number of ether oxygens (including phenoxy) is 1. The van der Waals surface area contributed by atoms with Crippen molar-refractivity contribution in [2.45, 2.75) is 43.3 Å². The van der Waals surface area contributed by atoms with Crippen molar-refractivity contribution in [3.63, 3.8) is 0 Å². The minimum atomic E-state index is -6.01. The molecule has 1 aliphatic heterocycles. The maximum atomic E-state index is 13.3. The van der Waals surface area contributed by atoms with Gasteiger partial charge in [0, 0.05) is 12.8 Å². The molecule has 3 nitrogen and oxygen atoms in total. The maximum absolute atomic E-state index is 13.3. The quantitative estimate of drug-likeness (QED) is 0.585. The number of hydrogen-bond donors (Lipinski definition) is 1. The van der Waals surface area contributed by atoms with Gasteiger partial charge in [0.05, 0.1) is 5.92 Å². The normalized spacial score (nSPS) is 23.9. The van der Waals surface area contributed by atoms with Gasteiger partial charge in [0.1, 0.15) is 5.60 Å². The average molecular weight is 406 g/mol. The second kappa shape index (κ2) is 6.37. The fourth-order valence-corrected chi connectivity index (χ4v) is 3.55. The molecular weight excluding hydrogens is 390 g/mol. The minimum absolute atomic E-state index is 0.0316. The molecule has 2 atom stereocenters. The number of rotatable bonds is 3. The number of carbonyl (C=O) groups is 1. The van der Waals surface area contributed by atoms with Gasteiger partial charge in [-0.15, -0.1) is 0 Å². The van der Waals surface area contributed by atoms with Crippen molar-refractivity contribution in [3.05, 3.63) is 48.0 Å². The van der Waals surface area contributed by atoms with Gasteiger partial charge in [0.2, 0.25) is 0 Å². The maximum Gasteiger partial charge on any atom is 0.426 e. The standard InChI is InChI=1S/C19H16F6O3/c1-11-9-16(28-15(11)26,10-17(27,18(20,21)22)19(23,24)25)14-7-6-12-4-2-3-5-13(12)8-14/h2-8,11,27H,9-10H2,1H3. The van der Waals surface area contributed by atoms with Crippen molar-refractivity contribution in [3.8, 4) is 0 Å². The monoisotopic (exact) mass is 406 g/mol. The number of hydrogen-bond acceptors (Lipinski definition) is 3. The van der Waals surface area contributed by atoms with Crippen LogP contribution in [0, 0.1) is 5.92 Å². The first-order valence-electron chi connectivity index (χ1n) is 8.37. The van der Waals surface area contributed by atoms with Crippen molar-refractivity contribution in [2.75, 3.05) is 0 Å². The zero-order valence-electron chi connectivity index (χ0n) is 14.6. The van der Waals surface area contributed by atoms with Crippen molar-refractivity contribution in [2.24, 2.45) is 5.92 Å². The number of esters is 1. The lowest BCUT2D eigenvalue weighted by molar-refractivity contribution is -0.378. The molecule has 0 saturated carbocycles. The highest BCUT2D eigenvalue weighted by molar-refractivity contribution is 5.83. The third-order valence-electron chi connectivity index (χ3n) is 5.09. The molecule has 0 spiro atoms. The van der Waals surface area contributed by atoms with Crippen molar-refractivity contribution >= 4 is 16.7 Å². The predicted octanol–water partition coefficient (Wildman–Crippen LogP) is 4.86. The number of cyclic esters (lactones) is 1. The third-order valence-corrected chi connectivity index (χ3v) is 5.09. The van der Waals surface area contributed by atoms with Gasteiger partial charge in [0.25, 0.3) is 5.60 Å². The van der Waals surface area contributed by atoms with E-state index in [1.165, 1.54) is 25.1 Å². The molecule has 0 radical (unpaired) electrons. The number of alkyl halides is 6. The van der Waals surface area contributed by atoms with Gasteiger partial charge in [-0.2, -0.15) is 26.3 Å². The fourth-order valence-electron chi connectivity index (χ4n) is 3.55. The van der Waals surface area contributed by atoms with Gasteiger partial charge in [0.15, 0.2) is 0 Å². The van der Waals surface area contributed by atoms with Gasteiger partial charge in [-0.25, -0.2) is 0 Å². The number of carbonyl (C=O) groups excluding carboxylic acids is 1. The molecule has 1 fully saturated rings. The Balaban J connectivity index is 2.17. The van der Waals surface area contributed by atoms with E-state index in [-0.39, 0.29) is 5.56 Å². The Morgan fingerprint density at radius 2 is 1.61 bits per heavy atom. The van der Waals surface area contributed by atoms with Gasteiger partial charge in [-0.3, -0.25) is 4.79 Å². The molecule has 0 bridgehead atoms. The van der Waals surface area contributed by atoms with E-state index in [1.54, 1.807) is 24.3 Å². The van der Waals surface area contributed by atoms with Crippen LogP contribution in [0.3, 0.4) is 0 Å². The molecule has 152 valence electrons. The van der Waals surface area contributed by atoms with Crippen LogP contribution >= 0.6 is 0 Å². The molecule has 1 saturated heterocycles. The molecule has 1 heterocycles. The van der Waals surface area contributed by atoms with E-state index in [1.807, 2.05) is 0 Å². The van der Waals surface area contributed by atoms with Crippen LogP contribution in [0.15, 0.2) is 42.5 Å². The molecule has 0 aliphatic carbocycles. The molecule has 2 aromatic carbocycles. The number of aliphatic hydroxyl groups is 1. The zero-order chi connectivity index (χ0) is 21.0. The Hall–Kier alpha value is -2.29. The summed E-state index contributed by atoms with van der Waals surface area (Å²) in [6.07, 6.45) is -14.3. The van der Waals surface area contributed by atoms with E-state index < -0.39 is 48.3 Å². The van der Waals surface area contributed by atoms with E-state index in [2.05, 4.69) is 0 Å². The summed E-state index contributed by atoms with van der Waals surface area (Å²) in [7, 11) is 0. The Morgan fingerprint density at radius 3 is 2.11 bits per heavy atom. The van der Waals surface area contributed by atoms with Crippen LogP contribution in [0.5, 0.6) is 0 Å².